The number of hydrogen-bond donors (Lipinski definition) is 1. The van der Waals surface area contributed by atoms with E-state index in [1.807, 2.05) is 30.3 Å². The zero-order chi connectivity index (χ0) is 11.1. The molecular formula is C11H13NO2S. The van der Waals surface area contributed by atoms with Gasteiger partial charge >= 0.3 is 6.09 Å². The smallest absolute Gasteiger partial charge is 0.407 e. The number of alkyl carbamates (subject to hydrolysis) is 1. The van der Waals surface area contributed by atoms with Crippen LogP contribution < -0.4 is 5.32 Å². The van der Waals surface area contributed by atoms with E-state index in [-0.39, 0.29) is 12.6 Å². The monoisotopic (exact) mass is 223 g/mol. The van der Waals surface area contributed by atoms with Crippen LogP contribution in [0.3, 0.4) is 0 Å². The third kappa shape index (κ3) is 4.56. The topological polar surface area (TPSA) is 38.3 Å². The van der Waals surface area contributed by atoms with Gasteiger partial charge in [-0.1, -0.05) is 42.5 Å². The van der Waals surface area contributed by atoms with Crippen LogP contribution >= 0.6 is 12.2 Å². The molecule has 1 aromatic carbocycles. The van der Waals surface area contributed by atoms with Gasteiger partial charge in [-0.05, 0) is 12.5 Å². The van der Waals surface area contributed by atoms with Gasteiger partial charge in [-0.3, -0.25) is 0 Å². The van der Waals surface area contributed by atoms with Crippen molar-refractivity contribution in [3.63, 3.8) is 0 Å². The molecule has 4 heteroatoms. The third-order valence-corrected chi connectivity index (χ3v) is 2.17. The molecule has 1 atom stereocenters. The zero-order valence-electron chi connectivity index (χ0n) is 8.47. The molecule has 0 aliphatic rings. The average molecular weight is 223 g/mol. The van der Waals surface area contributed by atoms with Crippen molar-refractivity contribution >= 4 is 23.7 Å². The summed E-state index contributed by atoms with van der Waals surface area (Å²) in [5.41, 5.74) is 0.961. The Balaban J connectivity index is 2.31. The van der Waals surface area contributed by atoms with Gasteiger partial charge in [-0.2, -0.15) is 0 Å². The molecule has 0 aromatic heterocycles. The van der Waals surface area contributed by atoms with Gasteiger partial charge in [-0.15, -0.1) is 0 Å². The molecule has 0 heterocycles. The first kappa shape index (κ1) is 11.7. The lowest BCUT2D eigenvalue weighted by molar-refractivity contribution is 0.139. The van der Waals surface area contributed by atoms with Gasteiger partial charge in [0.15, 0.2) is 0 Å². The normalized spacial score (nSPS) is 11.5. The highest BCUT2D eigenvalue weighted by Gasteiger charge is 2.04. The van der Waals surface area contributed by atoms with E-state index in [2.05, 4.69) is 17.5 Å². The van der Waals surface area contributed by atoms with Gasteiger partial charge in [0.1, 0.15) is 6.61 Å². The van der Waals surface area contributed by atoms with Crippen LogP contribution in [0, 0.1) is 0 Å². The summed E-state index contributed by atoms with van der Waals surface area (Å²) in [4.78, 5) is 11.2. The Labute approximate surface area is 94.4 Å². The van der Waals surface area contributed by atoms with Crippen LogP contribution in [-0.4, -0.2) is 17.5 Å². The fourth-order valence-electron chi connectivity index (χ4n) is 0.985. The van der Waals surface area contributed by atoms with Gasteiger partial charge in [-0.25, -0.2) is 4.79 Å². The van der Waals surface area contributed by atoms with Gasteiger partial charge in [0.25, 0.3) is 0 Å². The first-order valence-electron chi connectivity index (χ1n) is 4.65. The highest BCUT2D eigenvalue weighted by molar-refractivity contribution is 7.79. The number of thiocarbonyl (C=S) groups is 1. The molecule has 0 saturated heterocycles. The molecule has 0 aliphatic heterocycles. The maximum Gasteiger partial charge on any atom is 0.407 e. The van der Waals surface area contributed by atoms with E-state index in [0.29, 0.717) is 0 Å². The second-order valence-corrected chi connectivity index (χ2v) is 3.40. The van der Waals surface area contributed by atoms with E-state index < -0.39 is 6.09 Å². The molecule has 0 bridgehead atoms. The highest BCUT2D eigenvalue weighted by Crippen LogP contribution is 2.00. The maximum absolute atomic E-state index is 11.2. The summed E-state index contributed by atoms with van der Waals surface area (Å²) in [6.07, 6.45) is -0.451. The highest BCUT2D eigenvalue weighted by atomic mass is 32.1. The van der Waals surface area contributed by atoms with Crippen molar-refractivity contribution in [1.29, 1.82) is 0 Å². The minimum Gasteiger partial charge on any atom is -0.445 e. The van der Waals surface area contributed by atoms with Crippen molar-refractivity contribution < 1.29 is 9.53 Å². The molecule has 1 aromatic rings. The number of rotatable bonds is 4. The van der Waals surface area contributed by atoms with Crippen LogP contribution in [0.25, 0.3) is 0 Å². The van der Waals surface area contributed by atoms with E-state index in [0.717, 1.165) is 5.56 Å². The van der Waals surface area contributed by atoms with Crippen LogP contribution in [-0.2, 0) is 11.3 Å². The van der Waals surface area contributed by atoms with Crippen molar-refractivity contribution in [1.82, 2.24) is 5.32 Å². The minimum absolute atomic E-state index is 0.150. The number of hydrogen-bond acceptors (Lipinski definition) is 3. The summed E-state index contributed by atoms with van der Waals surface area (Å²) in [5, 5.41) is 4.05. The van der Waals surface area contributed by atoms with E-state index in [1.165, 1.54) is 5.37 Å². The maximum atomic E-state index is 11.2. The third-order valence-electron chi connectivity index (χ3n) is 1.76. The Bertz CT molecular complexity index is 327. The summed E-state index contributed by atoms with van der Waals surface area (Å²) in [5.74, 6) is 0. The van der Waals surface area contributed by atoms with Gasteiger partial charge in [0.05, 0.1) is 6.04 Å². The van der Waals surface area contributed by atoms with E-state index in [1.54, 1.807) is 6.92 Å². The van der Waals surface area contributed by atoms with Crippen molar-refractivity contribution in [2.75, 3.05) is 0 Å². The Kier molecular flexibility index (Phi) is 4.77. The molecule has 15 heavy (non-hydrogen) atoms. The Morgan fingerprint density at radius 1 is 1.53 bits per heavy atom. The number of benzene rings is 1. The largest absolute Gasteiger partial charge is 0.445 e. The molecule has 0 saturated carbocycles. The molecule has 1 unspecified atom stereocenters. The van der Waals surface area contributed by atoms with E-state index in [4.69, 9.17) is 4.74 Å². The Morgan fingerprint density at radius 2 is 2.20 bits per heavy atom. The SMILES string of the molecule is CC(C=S)NC(=O)OCc1ccccc1. The number of ether oxygens (including phenoxy) is 1. The molecule has 1 rings (SSSR count). The van der Waals surface area contributed by atoms with Crippen molar-refractivity contribution in [3.05, 3.63) is 35.9 Å². The average Bonchev–Trinajstić information content (AvgIpc) is 2.27. The first-order valence-corrected chi connectivity index (χ1v) is 5.12. The van der Waals surface area contributed by atoms with Gasteiger partial charge < -0.3 is 10.1 Å². The molecule has 0 radical (unpaired) electrons. The fourth-order valence-corrected chi connectivity index (χ4v) is 1.05. The van der Waals surface area contributed by atoms with Crippen molar-refractivity contribution in [3.8, 4) is 0 Å². The summed E-state index contributed by atoms with van der Waals surface area (Å²) in [6.45, 7) is 2.06. The summed E-state index contributed by atoms with van der Waals surface area (Å²) < 4.78 is 4.98. The van der Waals surface area contributed by atoms with Gasteiger partial charge in [0.2, 0.25) is 0 Å². The minimum atomic E-state index is -0.451. The predicted octanol–water partition coefficient (Wildman–Crippen LogP) is 2.30. The van der Waals surface area contributed by atoms with Crippen LogP contribution in [0.5, 0.6) is 0 Å². The van der Waals surface area contributed by atoms with Crippen LogP contribution in [0.15, 0.2) is 30.3 Å². The summed E-state index contributed by atoms with van der Waals surface area (Å²) >= 11 is 4.68. The lowest BCUT2D eigenvalue weighted by atomic mass is 10.2. The van der Waals surface area contributed by atoms with Crippen LogP contribution in [0.2, 0.25) is 0 Å². The molecule has 1 N–H and O–H groups in total. The zero-order valence-corrected chi connectivity index (χ0v) is 9.29. The molecule has 0 spiro atoms. The van der Waals surface area contributed by atoms with Gasteiger partial charge in [0, 0.05) is 5.37 Å². The second-order valence-electron chi connectivity index (χ2n) is 3.13. The van der Waals surface area contributed by atoms with E-state index in [9.17, 15) is 4.79 Å². The van der Waals surface area contributed by atoms with Crippen molar-refractivity contribution in [2.45, 2.75) is 19.6 Å². The lowest BCUT2D eigenvalue weighted by Gasteiger charge is -2.09. The Hall–Kier alpha value is -1.42. The van der Waals surface area contributed by atoms with Crippen LogP contribution in [0.4, 0.5) is 4.79 Å². The standard InChI is InChI=1S/C11H13NO2S/c1-9(8-15)12-11(13)14-7-10-5-3-2-4-6-10/h2-6,8-9H,7H2,1H3,(H,12,13). The molecule has 80 valence electrons. The predicted molar refractivity (Wildman–Crippen MR) is 62.9 cm³/mol. The number of amides is 1. The fraction of sp³-hybridized carbons (Fsp3) is 0.273. The molecular weight excluding hydrogens is 210 g/mol. The number of nitrogens with one attached hydrogen (secondary N) is 1. The Morgan fingerprint density at radius 3 is 2.80 bits per heavy atom. The molecule has 0 aliphatic carbocycles. The van der Waals surface area contributed by atoms with Crippen LogP contribution in [0.1, 0.15) is 12.5 Å². The number of carbonyl (C=O) groups excluding carboxylic acids is 1. The number of carbonyl (C=O) groups is 1. The molecule has 0 fully saturated rings. The first-order chi connectivity index (χ1) is 7.22. The van der Waals surface area contributed by atoms with Crippen molar-refractivity contribution in [2.24, 2.45) is 0 Å². The second kappa shape index (κ2) is 6.14. The summed E-state index contributed by atoms with van der Waals surface area (Å²) in [6, 6.07) is 9.36. The molecule has 1 amide bonds. The summed E-state index contributed by atoms with van der Waals surface area (Å²) in [7, 11) is 0. The van der Waals surface area contributed by atoms with E-state index >= 15 is 0 Å². The quantitative estimate of drug-likeness (QED) is 0.796. The lowest BCUT2D eigenvalue weighted by Crippen LogP contribution is -2.33. The molecule has 3 nitrogen and oxygen atoms in total.